The van der Waals surface area contributed by atoms with E-state index in [-0.39, 0.29) is 29.8 Å². The van der Waals surface area contributed by atoms with Gasteiger partial charge in [0.1, 0.15) is 16.7 Å². The second-order valence-corrected chi connectivity index (χ2v) is 10.4. The first-order valence-electron chi connectivity index (χ1n) is 10.5. The van der Waals surface area contributed by atoms with Gasteiger partial charge in [0.2, 0.25) is 16.0 Å². The SMILES string of the molecule is N=C(N)NOCCCOc1ccc(C[C@H](NS(=O)(=O)c2c(Cl)cc(Cl)cc2Cl)C(=O)OC(=O)C(F)(F)F)cc1. The Hall–Kier alpha value is -2.82. The minimum Gasteiger partial charge on any atom is -0.494 e. The predicted octanol–water partition coefficient (Wildman–Crippen LogP) is 3.35. The van der Waals surface area contributed by atoms with Gasteiger partial charge in [-0.15, -0.1) is 0 Å². The number of hydrogen-bond donors (Lipinski definition) is 4. The standard InChI is InChI=1S/C21H20Cl3F3N4O7S/c22-12-9-14(23)17(15(24)10-12)39(34,35)31-16(18(32)38-19(33)21(25,26)27)8-11-2-4-13(5-3-11)36-6-1-7-37-30-20(28)29/h2-5,9-10,16,31H,1,6-8H2,(H4,28,29,30)/t16-/m0/s1. The van der Waals surface area contributed by atoms with E-state index < -0.39 is 55.5 Å². The number of guanidine groups is 1. The second-order valence-electron chi connectivity index (χ2n) is 7.49. The minimum atomic E-state index is -5.51. The van der Waals surface area contributed by atoms with Gasteiger partial charge in [-0.05, 0) is 36.2 Å². The van der Waals surface area contributed by atoms with Crippen LogP contribution in [0.25, 0.3) is 0 Å². The summed E-state index contributed by atoms with van der Waals surface area (Å²) in [5.41, 5.74) is 7.46. The third-order valence-electron chi connectivity index (χ3n) is 4.44. The van der Waals surface area contributed by atoms with Crippen molar-refractivity contribution in [1.29, 1.82) is 5.41 Å². The molecule has 0 heterocycles. The summed E-state index contributed by atoms with van der Waals surface area (Å²) in [6, 6.07) is 5.83. The Morgan fingerprint density at radius 1 is 1.05 bits per heavy atom. The molecule has 2 rings (SSSR count). The molecule has 0 saturated carbocycles. The lowest BCUT2D eigenvalue weighted by atomic mass is 10.1. The zero-order valence-electron chi connectivity index (χ0n) is 19.5. The van der Waals surface area contributed by atoms with Crippen LogP contribution in [0.2, 0.25) is 15.1 Å². The van der Waals surface area contributed by atoms with Crippen molar-refractivity contribution in [3.63, 3.8) is 0 Å². The molecule has 1 atom stereocenters. The van der Waals surface area contributed by atoms with Crippen LogP contribution < -0.4 is 20.7 Å². The molecule has 2 aromatic carbocycles. The van der Waals surface area contributed by atoms with Crippen molar-refractivity contribution in [2.45, 2.75) is 30.0 Å². The maximum Gasteiger partial charge on any atom is 0.491 e. The summed E-state index contributed by atoms with van der Waals surface area (Å²) in [4.78, 5) is 27.8. The van der Waals surface area contributed by atoms with Crippen LogP contribution in [0.3, 0.4) is 0 Å². The summed E-state index contributed by atoms with van der Waals surface area (Å²) in [6.45, 7) is 0.385. The Morgan fingerprint density at radius 3 is 2.18 bits per heavy atom. The van der Waals surface area contributed by atoms with E-state index in [2.05, 4.69) is 10.2 Å². The topological polar surface area (TPSA) is 170 Å². The van der Waals surface area contributed by atoms with Crippen molar-refractivity contribution in [2.24, 2.45) is 5.73 Å². The molecule has 0 aromatic heterocycles. The number of rotatable bonds is 12. The normalized spacial score (nSPS) is 12.5. The lowest BCUT2D eigenvalue weighted by molar-refractivity contribution is -0.202. The van der Waals surface area contributed by atoms with Crippen LogP contribution in [0.5, 0.6) is 5.75 Å². The molecule has 0 bridgehead atoms. The first-order chi connectivity index (χ1) is 18.1. The molecule has 0 amide bonds. The zero-order valence-corrected chi connectivity index (χ0v) is 22.6. The van der Waals surface area contributed by atoms with Gasteiger partial charge < -0.3 is 15.2 Å². The van der Waals surface area contributed by atoms with Crippen molar-refractivity contribution >= 4 is 62.7 Å². The summed E-state index contributed by atoms with van der Waals surface area (Å²) in [6.07, 6.45) is -5.62. The molecule has 0 saturated heterocycles. The fourth-order valence-corrected chi connectivity index (χ4v) is 5.56. The van der Waals surface area contributed by atoms with Gasteiger partial charge in [0.15, 0.2) is 0 Å². The van der Waals surface area contributed by atoms with Crippen LogP contribution >= 0.6 is 34.8 Å². The number of halogens is 6. The number of hydrogen-bond acceptors (Lipinski definition) is 8. The molecule has 2 aromatic rings. The average Bonchev–Trinajstić information content (AvgIpc) is 2.80. The van der Waals surface area contributed by atoms with E-state index in [1.54, 1.807) is 0 Å². The Kier molecular flexibility index (Phi) is 11.6. The molecule has 0 aliphatic carbocycles. The number of hydroxylamine groups is 1. The van der Waals surface area contributed by atoms with Gasteiger partial charge >= 0.3 is 18.1 Å². The minimum absolute atomic E-state index is 0.00162. The average molecular weight is 636 g/mol. The molecule has 214 valence electrons. The van der Waals surface area contributed by atoms with Gasteiger partial charge in [-0.25, -0.2) is 23.5 Å². The first kappa shape index (κ1) is 32.4. The third kappa shape index (κ3) is 10.3. The number of alkyl halides is 3. The van der Waals surface area contributed by atoms with Crippen molar-refractivity contribution in [1.82, 2.24) is 10.2 Å². The number of carbonyl (C=O) groups is 2. The molecule has 0 aliphatic rings. The fourth-order valence-electron chi connectivity index (χ4n) is 2.83. The number of sulfonamides is 1. The lowest BCUT2D eigenvalue weighted by Gasteiger charge is -2.19. The van der Waals surface area contributed by atoms with E-state index in [1.165, 1.54) is 24.3 Å². The van der Waals surface area contributed by atoms with E-state index in [9.17, 15) is 31.2 Å². The van der Waals surface area contributed by atoms with Crippen molar-refractivity contribution in [3.05, 3.63) is 57.0 Å². The number of esters is 2. The number of benzene rings is 2. The highest BCUT2D eigenvalue weighted by Gasteiger charge is 2.44. The third-order valence-corrected chi connectivity index (χ3v) is 7.05. The predicted molar refractivity (Wildman–Crippen MR) is 134 cm³/mol. The van der Waals surface area contributed by atoms with Crippen molar-refractivity contribution < 1.29 is 45.5 Å². The lowest BCUT2D eigenvalue weighted by Crippen LogP contribution is -2.45. The number of ether oxygens (including phenoxy) is 2. The van der Waals surface area contributed by atoms with Crippen LogP contribution in [-0.4, -0.2) is 51.7 Å². The highest BCUT2D eigenvalue weighted by Crippen LogP contribution is 2.33. The van der Waals surface area contributed by atoms with Crippen LogP contribution in [0, 0.1) is 5.41 Å². The highest BCUT2D eigenvalue weighted by atomic mass is 35.5. The first-order valence-corrected chi connectivity index (χ1v) is 13.1. The van der Waals surface area contributed by atoms with E-state index in [1.807, 2.05) is 4.72 Å². The van der Waals surface area contributed by atoms with Crippen molar-refractivity contribution in [3.8, 4) is 5.75 Å². The fraction of sp³-hybridized carbons (Fsp3) is 0.286. The monoisotopic (exact) mass is 634 g/mol. The molecule has 0 unspecified atom stereocenters. The summed E-state index contributed by atoms with van der Waals surface area (Å²) < 4.78 is 75.1. The largest absolute Gasteiger partial charge is 0.494 e. The van der Waals surface area contributed by atoms with Gasteiger partial charge in [-0.3, -0.25) is 10.2 Å². The van der Waals surface area contributed by atoms with Gasteiger partial charge in [0.05, 0.1) is 23.3 Å². The quantitative estimate of drug-likeness (QED) is 0.0682. The smallest absolute Gasteiger partial charge is 0.491 e. The number of nitrogens with two attached hydrogens (primary N) is 1. The number of carbonyl (C=O) groups excluding carboxylic acids is 2. The highest BCUT2D eigenvalue weighted by molar-refractivity contribution is 7.89. The van der Waals surface area contributed by atoms with Gasteiger partial charge in [-0.1, -0.05) is 46.9 Å². The van der Waals surface area contributed by atoms with Gasteiger partial charge in [0.25, 0.3) is 0 Å². The molecule has 39 heavy (non-hydrogen) atoms. The molecular formula is C21H20Cl3F3N4O7S. The molecular weight excluding hydrogens is 616 g/mol. The Labute approximate surface area is 235 Å². The Balaban J connectivity index is 2.19. The maximum atomic E-state index is 13.0. The van der Waals surface area contributed by atoms with Crippen molar-refractivity contribution in [2.75, 3.05) is 13.2 Å². The van der Waals surface area contributed by atoms with E-state index >= 15 is 0 Å². The molecule has 0 radical (unpaired) electrons. The number of nitrogens with one attached hydrogen (secondary N) is 3. The van der Waals surface area contributed by atoms with E-state index in [0.29, 0.717) is 12.2 Å². The Bertz CT molecular complexity index is 1290. The molecule has 18 heteroatoms. The zero-order chi connectivity index (χ0) is 29.4. The molecule has 11 nitrogen and oxygen atoms in total. The maximum absolute atomic E-state index is 13.0. The van der Waals surface area contributed by atoms with Crippen LogP contribution in [0.4, 0.5) is 13.2 Å². The van der Waals surface area contributed by atoms with Crippen LogP contribution in [0.1, 0.15) is 12.0 Å². The van der Waals surface area contributed by atoms with E-state index in [4.69, 9.17) is 55.5 Å². The molecule has 0 fully saturated rings. The van der Waals surface area contributed by atoms with Gasteiger partial charge in [-0.2, -0.15) is 17.9 Å². The second kappa shape index (κ2) is 14.0. The van der Waals surface area contributed by atoms with Crippen LogP contribution in [-0.2, 0) is 35.6 Å². The van der Waals surface area contributed by atoms with Gasteiger partial charge in [0, 0.05) is 11.4 Å². The summed E-state index contributed by atoms with van der Waals surface area (Å²) in [5, 5.41) is 6.09. The van der Waals surface area contributed by atoms with E-state index in [0.717, 1.165) is 12.1 Å². The summed E-state index contributed by atoms with van der Waals surface area (Å²) >= 11 is 17.7. The van der Waals surface area contributed by atoms with Crippen LogP contribution in [0.15, 0.2) is 41.3 Å². The summed E-state index contributed by atoms with van der Waals surface area (Å²) in [5.74, 6) is -4.64. The summed E-state index contributed by atoms with van der Waals surface area (Å²) in [7, 11) is -4.74. The Morgan fingerprint density at radius 2 is 1.64 bits per heavy atom. The molecule has 5 N–H and O–H groups in total. The molecule has 0 aliphatic heterocycles. The molecule has 0 spiro atoms.